The largest absolute Gasteiger partial charge is 0.507 e. The number of hydrogen-bond donors (Lipinski definition) is 3. The van der Waals surface area contributed by atoms with Crippen molar-refractivity contribution >= 4 is 43.8 Å². The molecule has 4 rings (SSSR count). The van der Waals surface area contributed by atoms with Gasteiger partial charge in [0, 0.05) is 25.6 Å². The van der Waals surface area contributed by atoms with Crippen LogP contribution in [-0.2, 0) is 36.0 Å². The van der Waals surface area contributed by atoms with Gasteiger partial charge in [-0.3, -0.25) is 0 Å². The maximum atomic E-state index is 13.6. The summed E-state index contributed by atoms with van der Waals surface area (Å²) >= 11 is 7.45. The second kappa shape index (κ2) is 12.6. The highest BCUT2D eigenvalue weighted by Gasteiger charge is 2.53. The zero-order chi connectivity index (χ0) is 30.1. The van der Waals surface area contributed by atoms with Crippen molar-refractivity contribution in [3.8, 4) is 11.5 Å². The number of carbonyl (C=O) groups is 2. The van der Waals surface area contributed by atoms with Crippen LogP contribution in [0.2, 0.25) is 0 Å². The van der Waals surface area contributed by atoms with Crippen LogP contribution in [0.4, 0.5) is 0 Å². The quantitative estimate of drug-likeness (QED) is 0.175. The van der Waals surface area contributed by atoms with Crippen molar-refractivity contribution in [3.63, 3.8) is 0 Å². The van der Waals surface area contributed by atoms with Crippen molar-refractivity contribution < 1.29 is 29.6 Å². The van der Waals surface area contributed by atoms with Gasteiger partial charge in [-0.05, 0) is 66.1 Å². The molecule has 0 aliphatic carbocycles. The lowest BCUT2D eigenvalue weighted by Gasteiger charge is -2.34. The van der Waals surface area contributed by atoms with Gasteiger partial charge in [0.25, 0.3) is 0 Å². The van der Waals surface area contributed by atoms with E-state index >= 15 is 0 Å². The normalized spacial score (nSPS) is 13.8. The molecule has 1 aliphatic heterocycles. The molecule has 1 heterocycles. The molecule has 0 bridgehead atoms. The van der Waals surface area contributed by atoms with Gasteiger partial charge in [-0.15, -0.1) is 0 Å². The number of aromatic hydroxyl groups is 2. The summed E-state index contributed by atoms with van der Waals surface area (Å²) in [5, 5.41) is 33.9. The van der Waals surface area contributed by atoms with E-state index in [9.17, 15) is 24.9 Å². The maximum Gasteiger partial charge on any atom is 0.341 e. The van der Waals surface area contributed by atoms with Crippen molar-refractivity contribution in [3.05, 3.63) is 89.3 Å². The summed E-state index contributed by atoms with van der Waals surface area (Å²) < 4.78 is 7.76. The van der Waals surface area contributed by atoms with Crippen molar-refractivity contribution in [2.24, 2.45) is 0 Å². The Labute approximate surface area is 258 Å². The van der Waals surface area contributed by atoms with Crippen LogP contribution in [-0.4, -0.2) is 27.3 Å². The number of benzene rings is 3. The van der Waals surface area contributed by atoms with E-state index in [-0.39, 0.29) is 39.3 Å². The first-order valence-corrected chi connectivity index (χ1v) is 15.8. The lowest BCUT2D eigenvalue weighted by molar-refractivity contribution is 0.0236. The van der Waals surface area contributed by atoms with E-state index in [1.54, 1.807) is 24.3 Å². The molecule has 3 N–H and O–H groups in total. The third-order valence-electron chi connectivity index (χ3n) is 7.81. The number of hydrogen-bond acceptors (Lipinski definition) is 5. The number of aromatic carboxylic acids is 1. The molecule has 0 aromatic heterocycles. The summed E-state index contributed by atoms with van der Waals surface area (Å²) in [6.07, 6.45) is 5.93. The first-order chi connectivity index (χ1) is 19.6. The fraction of sp³-hybridized carbons (Fsp3) is 0.394. The molecule has 0 unspecified atom stereocenters. The van der Waals surface area contributed by atoms with Gasteiger partial charge < -0.3 is 20.1 Å². The Kier molecular flexibility index (Phi) is 9.54. The van der Waals surface area contributed by atoms with Crippen LogP contribution in [0.25, 0.3) is 0 Å². The molecular weight excluding hydrogens is 652 g/mol. The Hall–Kier alpha value is -2.84. The molecule has 6 nitrogen and oxygen atoms in total. The third-order valence-corrected chi connectivity index (χ3v) is 9.23. The first-order valence-electron chi connectivity index (χ1n) is 14.3. The van der Waals surface area contributed by atoms with E-state index in [4.69, 9.17) is 4.74 Å². The highest BCUT2D eigenvalue weighted by atomic mass is 79.9. The Morgan fingerprint density at radius 3 is 1.61 bits per heavy atom. The van der Waals surface area contributed by atoms with Crippen LogP contribution in [0, 0.1) is 0 Å². The standard InChI is InChI=1S/C33H36Br2O6/c1-5-10-18-20(12-7-3)29(36)24(16-26(18)34)33(23-15-9-14-22(31(38)39)28(23)32(40)41-33)25-17-27(35)19(11-6-2)21(13-8-4)30(25)37/h9,14-17,36-37H,5-8,10-13H2,1-4H3,(H,38,39). The molecule has 0 amide bonds. The number of esters is 1. The van der Waals surface area contributed by atoms with Gasteiger partial charge in [0.2, 0.25) is 0 Å². The summed E-state index contributed by atoms with van der Waals surface area (Å²) in [4.78, 5) is 25.9. The zero-order valence-corrected chi connectivity index (χ0v) is 27.0. The summed E-state index contributed by atoms with van der Waals surface area (Å²) in [7, 11) is 0. The number of carbonyl (C=O) groups excluding carboxylic acids is 1. The molecule has 1 aliphatic rings. The van der Waals surface area contributed by atoms with Crippen molar-refractivity contribution in [2.45, 2.75) is 84.7 Å². The van der Waals surface area contributed by atoms with Crippen molar-refractivity contribution in [1.82, 2.24) is 0 Å². The molecule has 0 fully saturated rings. The SMILES string of the molecule is CCCc1c(Br)cc(C2(c3cc(Br)c(CCC)c(CCC)c3O)OC(=O)c3c(C(=O)O)cccc32)c(O)c1CCC. The smallest absolute Gasteiger partial charge is 0.341 e. The molecule has 0 spiro atoms. The van der Waals surface area contributed by atoms with Gasteiger partial charge in [0.05, 0.1) is 11.1 Å². The number of phenolic OH excluding ortho intramolecular Hbond substituents is 2. The first kappa shape index (κ1) is 31.1. The number of cyclic esters (lactones) is 1. The van der Waals surface area contributed by atoms with Crippen LogP contribution < -0.4 is 0 Å². The lowest BCUT2D eigenvalue weighted by Crippen LogP contribution is -2.31. The minimum Gasteiger partial charge on any atom is -0.507 e. The topological polar surface area (TPSA) is 104 Å². The molecule has 41 heavy (non-hydrogen) atoms. The molecule has 8 heteroatoms. The third kappa shape index (κ3) is 5.18. The molecule has 0 saturated heterocycles. The van der Waals surface area contributed by atoms with E-state index in [0.717, 1.165) is 69.7 Å². The van der Waals surface area contributed by atoms with Crippen LogP contribution in [0.15, 0.2) is 39.3 Å². The second-order valence-electron chi connectivity index (χ2n) is 10.5. The van der Waals surface area contributed by atoms with E-state index in [1.807, 2.05) is 13.8 Å². The Morgan fingerprint density at radius 1 is 0.756 bits per heavy atom. The highest BCUT2D eigenvalue weighted by Crippen LogP contribution is 2.56. The van der Waals surface area contributed by atoms with Gasteiger partial charge in [-0.25, -0.2) is 9.59 Å². The molecular formula is C33H36Br2O6. The average Bonchev–Trinajstić information content (AvgIpc) is 3.24. The van der Waals surface area contributed by atoms with Crippen LogP contribution >= 0.6 is 31.9 Å². The fourth-order valence-electron chi connectivity index (χ4n) is 6.11. The molecule has 218 valence electrons. The van der Waals surface area contributed by atoms with E-state index < -0.39 is 17.5 Å². The molecule has 0 radical (unpaired) electrons. The molecule has 3 aromatic carbocycles. The van der Waals surface area contributed by atoms with Crippen LogP contribution in [0.5, 0.6) is 11.5 Å². The van der Waals surface area contributed by atoms with Gasteiger partial charge in [0.1, 0.15) is 11.5 Å². The second-order valence-corrected chi connectivity index (χ2v) is 12.2. The fourth-order valence-corrected chi connectivity index (χ4v) is 7.45. The predicted octanol–water partition coefficient (Wildman–Crippen LogP) is 8.59. The number of rotatable bonds is 11. The summed E-state index contributed by atoms with van der Waals surface area (Å²) in [5.74, 6) is -2.14. The average molecular weight is 688 g/mol. The number of phenols is 2. The Bertz CT molecular complexity index is 1440. The van der Waals surface area contributed by atoms with Gasteiger partial charge in [-0.2, -0.15) is 0 Å². The van der Waals surface area contributed by atoms with E-state index in [2.05, 4.69) is 45.7 Å². The minimum absolute atomic E-state index is 0.0231. The Morgan fingerprint density at radius 2 is 1.20 bits per heavy atom. The number of ether oxygens (including phenoxy) is 1. The number of carboxylic acid groups (broad SMARTS) is 1. The van der Waals surface area contributed by atoms with Crippen LogP contribution in [0.3, 0.4) is 0 Å². The molecule has 0 atom stereocenters. The predicted molar refractivity (Wildman–Crippen MR) is 166 cm³/mol. The minimum atomic E-state index is -1.79. The number of carboxylic acids is 1. The van der Waals surface area contributed by atoms with Gasteiger partial charge in [0.15, 0.2) is 5.60 Å². The van der Waals surface area contributed by atoms with E-state index in [0.29, 0.717) is 12.8 Å². The van der Waals surface area contributed by atoms with Gasteiger partial charge in [-0.1, -0.05) is 97.4 Å². The summed E-state index contributed by atoms with van der Waals surface area (Å²) in [6, 6.07) is 8.08. The lowest BCUT2D eigenvalue weighted by atomic mass is 9.75. The molecule has 0 saturated carbocycles. The monoisotopic (exact) mass is 686 g/mol. The van der Waals surface area contributed by atoms with Gasteiger partial charge >= 0.3 is 11.9 Å². The number of halogens is 2. The molecule has 3 aromatic rings. The zero-order valence-electron chi connectivity index (χ0n) is 23.9. The van der Waals surface area contributed by atoms with E-state index in [1.165, 1.54) is 6.07 Å². The van der Waals surface area contributed by atoms with Crippen molar-refractivity contribution in [2.75, 3.05) is 0 Å². The summed E-state index contributed by atoms with van der Waals surface area (Å²) in [6.45, 7) is 8.20. The highest BCUT2D eigenvalue weighted by molar-refractivity contribution is 9.10. The Balaban J connectivity index is 2.22. The maximum absolute atomic E-state index is 13.6. The number of fused-ring (bicyclic) bond motifs is 1. The summed E-state index contributed by atoms with van der Waals surface area (Å²) in [5.41, 5.74) is 2.18. The van der Waals surface area contributed by atoms with Crippen molar-refractivity contribution in [1.29, 1.82) is 0 Å². The van der Waals surface area contributed by atoms with Crippen LogP contribution in [0.1, 0.15) is 113 Å².